The fourth-order valence-corrected chi connectivity index (χ4v) is 1.98. The number of methoxy groups -OCH3 is 1. The van der Waals surface area contributed by atoms with Crippen LogP contribution in [0.25, 0.3) is 0 Å². The van der Waals surface area contributed by atoms with Gasteiger partial charge in [-0.05, 0) is 31.2 Å². The lowest BCUT2D eigenvalue weighted by atomic mass is 10.3. The zero-order valence-corrected chi connectivity index (χ0v) is 11.7. The maximum absolute atomic E-state index is 6.08. The number of aromatic nitrogens is 1. The van der Waals surface area contributed by atoms with Gasteiger partial charge in [-0.1, -0.05) is 11.6 Å². The maximum Gasteiger partial charge on any atom is 0.137 e. The predicted molar refractivity (Wildman–Crippen MR) is 79.7 cm³/mol. The molecular weight excluding hydrogens is 262 g/mol. The number of pyridine rings is 1. The summed E-state index contributed by atoms with van der Waals surface area (Å²) in [5, 5.41) is 7.04. The van der Waals surface area contributed by atoms with Crippen molar-refractivity contribution in [3.63, 3.8) is 0 Å². The minimum absolute atomic E-state index is 0.572. The molecule has 100 valence electrons. The lowest BCUT2D eigenvalue weighted by Gasteiger charge is -2.10. The van der Waals surface area contributed by atoms with Crippen LogP contribution in [-0.2, 0) is 0 Å². The average molecular weight is 278 g/mol. The van der Waals surface area contributed by atoms with Gasteiger partial charge in [-0.15, -0.1) is 0 Å². The minimum atomic E-state index is 0.572. The summed E-state index contributed by atoms with van der Waals surface area (Å²) in [5.41, 5.74) is 2.77. The van der Waals surface area contributed by atoms with Crippen LogP contribution in [0.5, 0.6) is 5.75 Å². The molecule has 0 radical (unpaired) electrons. The standard InChI is InChI=1S/C14H16ClN3O/c1-3-17-11-6-12(9-16-8-11)18-10-4-5-14(19-2)13(15)7-10/h4-9,17-18H,3H2,1-2H3. The molecule has 0 aliphatic rings. The average Bonchev–Trinajstić information content (AvgIpc) is 2.40. The number of benzene rings is 1. The number of rotatable bonds is 5. The number of nitrogens with zero attached hydrogens (tertiary/aromatic N) is 1. The van der Waals surface area contributed by atoms with Crippen molar-refractivity contribution in [3.05, 3.63) is 41.7 Å². The number of nitrogens with one attached hydrogen (secondary N) is 2. The van der Waals surface area contributed by atoms with Crippen LogP contribution in [0.4, 0.5) is 17.1 Å². The summed E-state index contributed by atoms with van der Waals surface area (Å²) < 4.78 is 5.12. The highest BCUT2D eigenvalue weighted by molar-refractivity contribution is 6.32. The molecule has 2 aromatic rings. The minimum Gasteiger partial charge on any atom is -0.495 e. The van der Waals surface area contributed by atoms with Crippen molar-refractivity contribution in [3.8, 4) is 5.75 Å². The van der Waals surface area contributed by atoms with Gasteiger partial charge in [0.2, 0.25) is 0 Å². The monoisotopic (exact) mass is 277 g/mol. The highest BCUT2D eigenvalue weighted by Crippen LogP contribution is 2.29. The number of halogens is 1. The van der Waals surface area contributed by atoms with E-state index in [-0.39, 0.29) is 0 Å². The molecule has 2 rings (SSSR count). The van der Waals surface area contributed by atoms with Gasteiger partial charge in [-0.3, -0.25) is 4.98 Å². The van der Waals surface area contributed by atoms with Gasteiger partial charge in [-0.25, -0.2) is 0 Å². The van der Waals surface area contributed by atoms with Gasteiger partial charge in [-0.2, -0.15) is 0 Å². The summed E-state index contributed by atoms with van der Waals surface area (Å²) in [6, 6.07) is 7.55. The van der Waals surface area contributed by atoms with Gasteiger partial charge in [0, 0.05) is 12.2 Å². The van der Waals surface area contributed by atoms with E-state index in [2.05, 4.69) is 15.6 Å². The Balaban J connectivity index is 2.16. The molecular formula is C14H16ClN3O. The molecule has 0 fully saturated rings. The smallest absolute Gasteiger partial charge is 0.137 e. The number of hydrogen-bond acceptors (Lipinski definition) is 4. The van der Waals surface area contributed by atoms with E-state index in [0.717, 1.165) is 23.6 Å². The van der Waals surface area contributed by atoms with Crippen LogP contribution in [0, 0.1) is 0 Å². The van der Waals surface area contributed by atoms with Crippen molar-refractivity contribution in [1.29, 1.82) is 0 Å². The van der Waals surface area contributed by atoms with E-state index in [4.69, 9.17) is 16.3 Å². The molecule has 0 unspecified atom stereocenters. The van der Waals surface area contributed by atoms with E-state index < -0.39 is 0 Å². The molecule has 2 N–H and O–H groups in total. The van der Waals surface area contributed by atoms with Crippen molar-refractivity contribution in [2.24, 2.45) is 0 Å². The number of anilines is 3. The first-order chi connectivity index (χ1) is 9.22. The topological polar surface area (TPSA) is 46.2 Å². The summed E-state index contributed by atoms with van der Waals surface area (Å²) in [7, 11) is 1.60. The SMILES string of the molecule is CCNc1cncc(Nc2ccc(OC)c(Cl)c2)c1. The Morgan fingerprint density at radius 2 is 1.95 bits per heavy atom. The molecule has 0 spiro atoms. The molecule has 5 heteroatoms. The number of ether oxygens (including phenoxy) is 1. The van der Waals surface area contributed by atoms with Crippen molar-refractivity contribution < 1.29 is 4.74 Å². The van der Waals surface area contributed by atoms with Crippen LogP contribution < -0.4 is 15.4 Å². The zero-order chi connectivity index (χ0) is 13.7. The third-order valence-corrected chi connectivity index (χ3v) is 2.85. The molecule has 1 aromatic carbocycles. The molecule has 19 heavy (non-hydrogen) atoms. The summed E-state index contributed by atoms with van der Waals surface area (Å²) >= 11 is 6.08. The van der Waals surface area contributed by atoms with Crippen LogP contribution in [0.2, 0.25) is 5.02 Å². The quantitative estimate of drug-likeness (QED) is 0.870. The number of hydrogen-bond donors (Lipinski definition) is 2. The van der Waals surface area contributed by atoms with Gasteiger partial charge < -0.3 is 15.4 Å². The molecule has 4 nitrogen and oxygen atoms in total. The van der Waals surface area contributed by atoms with E-state index in [1.165, 1.54) is 0 Å². The lowest BCUT2D eigenvalue weighted by Crippen LogP contribution is -1.98. The summed E-state index contributed by atoms with van der Waals surface area (Å²) in [5.74, 6) is 0.659. The Labute approximate surface area is 117 Å². The summed E-state index contributed by atoms with van der Waals surface area (Å²) in [6.07, 6.45) is 3.55. The Morgan fingerprint density at radius 1 is 1.16 bits per heavy atom. The lowest BCUT2D eigenvalue weighted by molar-refractivity contribution is 0.415. The molecule has 0 saturated carbocycles. The highest BCUT2D eigenvalue weighted by Gasteiger charge is 2.02. The summed E-state index contributed by atoms with van der Waals surface area (Å²) in [4.78, 5) is 4.17. The van der Waals surface area contributed by atoms with E-state index in [1.807, 2.05) is 31.2 Å². The largest absolute Gasteiger partial charge is 0.495 e. The van der Waals surface area contributed by atoms with E-state index >= 15 is 0 Å². The third-order valence-electron chi connectivity index (χ3n) is 2.56. The van der Waals surface area contributed by atoms with Gasteiger partial charge in [0.05, 0.1) is 35.9 Å². The fraction of sp³-hybridized carbons (Fsp3) is 0.214. The van der Waals surface area contributed by atoms with E-state index in [9.17, 15) is 0 Å². The Morgan fingerprint density at radius 3 is 2.63 bits per heavy atom. The van der Waals surface area contributed by atoms with Gasteiger partial charge >= 0.3 is 0 Å². The second-order valence-corrected chi connectivity index (χ2v) is 4.37. The normalized spacial score (nSPS) is 10.1. The first kappa shape index (κ1) is 13.5. The van der Waals surface area contributed by atoms with Crippen molar-refractivity contribution in [2.45, 2.75) is 6.92 Å². The highest BCUT2D eigenvalue weighted by atomic mass is 35.5. The van der Waals surface area contributed by atoms with E-state index in [1.54, 1.807) is 19.5 Å². The van der Waals surface area contributed by atoms with Crippen molar-refractivity contribution in [1.82, 2.24) is 4.98 Å². The van der Waals surface area contributed by atoms with Gasteiger partial charge in [0.25, 0.3) is 0 Å². The van der Waals surface area contributed by atoms with Crippen LogP contribution in [-0.4, -0.2) is 18.6 Å². The van der Waals surface area contributed by atoms with E-state index in [0.29, 0.717) is 10.8 Å². The first-order valence-electron chi connectivity index (χ1n) is 6.02. The van der Waals surface area contributed by atoms with Crippen LogP contribution in [0.1, 0.15) is 6.92 Å². The van der Waals surface area contributed by atoms with Crippen LogP contribution >= 0.6 is 11.6 Å². The maximum atomic E-state index is 6.08. The first-order valence-corrected chi connectivity index (χ1v) is 6.40. The molecule has 0 saturated heterocycles. The molecule has 0 aliphatic heterocycles. The zero-order valence-electron chi connectivity index (χ0n) is 10.9. The Kier molecular flexibility index (Phi) is 4.47. The molecule has 0 atom stereocenters. The van der Waals surface area contributed by atoms with Crippen molar-refractivity contribution in [2.75, 3.05) is 24.3 Å². The molecule has 0 aliphatic carbocycles. The Bertz CT molecular complexity index is 560. The predicted octanol–water partition coefficient (Wildman–Crippen LogP) is 3.92. The van der Waals surface area contributed by atoms with Gasteiger partial charge in [0.15, 0.2) is 0 Å². The molecule has 0 amide bonds. The molecule has 1 heterocycles. The second kappa shape index (κ2) is 6.29. The third kappa shape index (κ3) is 3.51. The second-order valence-electron chi connectivity index (χ2n) is 3.97. The van der Waals surface area contributed by atoms with Gasteiger partial charge in [0.1, 0.15) is 5.75 Å². The van der Waals surface area contributed by atoms with Crippen LogP contribution in [0.15, 0.2) is 36.7 Å². The Hall–Kier alpha value is -1.94. The summed E-state index contributed by atoms with van der Waals surface area (Å²) in [6.45, 7) is 2.91. The van der Waals surface area contributed by atoms with Crippen molar-refractivity contribution >= 4 is 28.7 Å². The fourth-order valence-electron chi connectivity index (χ4n) is 1.72. The molecule has 1 aromatic heterocycles. The molecule has 0 bridgehead atoms. The van der Waals surface area contributed by atoms with Crippen LogP contribution in [0.3, 0.4) is 0 Å².